The van der Waals surface area contributed by atoms with Crippen molar-refractivity contribution in [1.82, 2.24) is 5.32 Å². The van der Waals surface area contributed by atoms with Crippen LogP contribution in [0.4, 0.5) is 0 Å². The van der Waals surface area contributed by atoms with E-state index in [9.17, 15) is 0 Å². The Hall–Kier alpha value is -0.730. The van der Waals surface area contributed by atoms with Gasteiger partial charge in [0.05, 0.1) is 10.0 Å². The zero-order valence-electron chi connectivity index (χ0n) is 11.1. The molecular formula is C16H16Cl3N. The SMILES string of the molecule is CN[C@@H]1C[C@@H](c2ccc(Cl)c(Cl)c2)c2ccccc21.Cl. The third kappa shape index (κ3) is 2.68. The van der Waals surface area contributed by atoms with Crippen LogP contribution in [-0.2, 0) is 0 Å². The van der Waals surface area contributed by atoms with Gasteiger partial charge in [0.2, 0.25) is 0 Å². The molecule has 20 heavy (non-hydrogen) atoms. The normalized spacial score (nSPS) is 20.4. The molecule has 2 aromatic rings. The van der Waals surface area contributed by atoms with Crippen LogP contribution in [0.15, 0.2) is 42.5 Å². The molecule has 0 unspecified atom stereocenters. The lowest BCUT2D eigenvalue weighted by Crippen LogP contribution is -2.13. The summed E-state index contributed by atoms with van der Waals surface area (Å²) in [5, 5.41) is 4.63. The van der Waals surface area contributed by atoms with E-state index in [1.54, 1.807) is 0 Å². The van der Waals surface area contributed by atoms with Gasteiger partial charge in [0.1, 0.15) is 0 Å². The monoisotopic (exact) mass is 327 g/mol. The van der Waals surface area contributed by atoms with Gasteiger partial charge in [-0.3, -0.25) is 0 Å². The van der Waals surface area contributed by atoms with Crippen molar-refractivity contribution in [2.75, 3.05) is 7.05 Å². The topological polar surface area (TPSA) is 12.0 Å². The molecule has 0 aliphatic heterocycles. The molecule has 1 N–H and O–H groups in total. The van der Waals surface area contributed by atoms with Crippen LogP contribution in [0.3, 0.4) is 0 Å². The molecule has 1 aliphatic rings. The lowest BCUT2D eigenvalue weighted by molar-refractivity contribution is 0.564. The van der Waals surface area contributed by atoms with Crippen LogP contribution in [0.5, 0.6) is 0 Å². The zero-order valence-corrected chi connectivity index (χ0v) is 13.4. The third-order valence-corrected chi connectivity index (χ3v) is 4.65. The molecule has 0 heterocycles. The predicted octanol–water partition coefficient (Wildman–Crippen LogP) is 5.21. The minimum Gasteiger partial charge on any atom is -0.313 e. The van der Waals surface area contributed by atoms with E-state index >= 15 is 0 Å². The van der Waals surface area contributed by atoms with Crippen LogP contribution >= 0.6 is 35.6 Å². The van der Waals surface area contributed by atoms with Crippen LogP contribution in [0.25, 0.3) is 0 Å². The van der Waals surface area contributed by atoms with E-state index in [-0.39, 0.29) is 12.4 Å². The van der Waals surface area contributed by atoms with E-state index in [4.69, 9.17) is 23.2 Å². The second-order valence-electron chi connectivity index (χ2n) is 4.93. The molecule has 0 saturated heterocycles. The van der Waals surface area contributed by atoms with Crippen molar-refractivity contribution < 1.29 is 0 Å². The van der Waals surface area contributed by atoms with Gasteiger partial charge in [-0.1, -0.05) is 53.5 Å². The second kappa shape index (κ2) is 6.36. The van der Waals surface area contributed by atoms with Crippen molar-refractivity contribution in [3.05, 3.63) is 69.2 Å². The first kappa shape index (κ1) is 15.7. The van der Waals surface area contributed by atoms with Gasteiger partial charge < -0.3 is 5.32 Å². The van der Waals surface area contributed by atoms with E-state index in [2.05, 4.69) is 35.6 Å². The number of fused-ring (bicyclic) bond motifs is 1. The highest BCUT2D eigenvalue weighted by Gasteiger charge is 2.30. The number of benzene rings is 2. The molecule has 1 nitrogen and oxygen atoms in total. The van der Waals surface area contributed by atoms with Crippen LogP contribution in [0.2, 0.25) is 10.0 Å². The van der Waals surface area contributed by atoms with E-state index in [1.807, 2.05) is 19.2 Å². The standard InChI is InChI=1S/C16H15Cl2N.ClH/c1-19-16-9-13(11-4-2-3-5-12(11)16)10-6-7-14(17)15(18)8-10;/h2-8,13,16,19H,9H2,1H3;1H/t13-,16+;/m0./s1. The number of rotatable bonds is 2. The fourth-order valence-corrected chi connectivity index (χ4v) is 3.26. The first-order valence-corrected chi connectivity index (χ1v) is 7.17. The van der Waals surface area contributed by atoms with E-state index in [0.717, 1.165) is 6.42 Å². The summed E-state index contributed by atoms with van der Waals surface area (Å²) in [6, 6.07) is 15.0. The minimum absolute atomic E-state index is 0. The first-order valence-electron chi connectivity index (χ1n) is 6.41. The highest BCUT2D eigenvalue weighted by Crippen LogP contribution is 2.44. The van der Waals surface area contributed by atoms with Crippen LogP contribution in [0, 0.1) is 0 Å². The Balaban J connectivity index is 0.00000147. The van der Waals surface area contributed by atoms with Crippen molar-refractivity contribution >= 4 is 35.6 Å². The highest BCUT2D eigenvalue weighted by molar-refractivity contribution is 6.42. The van der Waals surface area contributed by atoms with Gasteiger partial charge in [0, 0.05) is 12.0 Å². The molecular weight excluding hydrogens is 313 g/mol. The Bertz CT molecular complexity index is 612. The fraction of sp³-hybridized carbons (Fsp3) is 0.250. The van der Waals surface area contributed by atoms with E-state index in [1.165, 1.54) is 16.7 Å². The Kier molecular flexibility index (Phi) is 4.98. The van der Waals surface area contributed by atoms with Gasteiger partial charge >= 0.3 is 0 Å². The summed E-state index contributed by atoms with van der Waals surface area (Å²) >= 11 is 12.1. The third-order valence-electron chi connectivity index (χ3n) is 3.91. The maximum absolute atomic E-state index is 6.14. The molecule has 1 aliphatic carbocycles. The van der Waals surface area contributed by atoms with Gasteiger partial charge in [0.15, 0.2) is 0 Å². The molecule has 0 fully saturated rings. The van der Waals surface area contributed by atoms with Gasteiger partial charge in [-0.15, -0.1) is 12.4 Å². The summed E-state index contributed by atoms with van der Waals surface area (Å²) in [6.45, 7) is 0. The van der Waals surface area contributed by atoms with E-state index in [0.29, 0.717) is 22.0 Å². The molecule has 0 amide bonds. The van der Waals surface area contributed by atoms with Crippen LogP contribution in [-0.4, -0.2) is 7.05 Å². The predicted molar refractivity (Wildman–Crippen MR) is 88.4 cm³/mol. The molecule has 106 valence electrons. The van der Waals surface area contributed by atoms with Crippen molar-refractivity contribution in [2.24, 2.45) is 0 Å². The molecule has 0 radical (unpaired) electrons. The smallest absolute Gasteiger partial charge is 0.0595 e. The molecule has 0 aromatic heterocycles. The molecule has 0 saturated carbocycles. The van der Waals surface area contributed by atoms with Crippen molar-refractivity contribution in [3.63, 3.8) is 0 Å². The quantitative estimate of drug-likeness (QED) is 0.798. The molecule has 0 spiro atoms. The largest absolute Gasteiger partial charge is 0.313 e. The first-order chi connectivity index (χ1) is 9.20. The molecule has 4 heteroatoms. The van der Waals surface area contributed by atoms with Crippen LogP contribution < -0.4 is 5.32 Å². The van der Waals surface area contributed by atoms with Gasteiger partial charge in [-0.2, -0.15) is 0 Å². The number of halogens is 3. The summed E-state index contributed by atoms with van der Waals surface area (Å²) in [6.07, 6.45) is 1.06. The van der Waals surface area contributed by atoms with Crippen molar-refractivity contribution in [2.45, 2.75) is 18.4 Å². The Morgan fingerprint density at radius 2 is 1.70 bits per heavy atom. The molecule has 3 rings (SSSR count). The summed E-state index contributed by atoms with van der Waals surface area (Å²) in [4.78, 5) is 0. The average molecular weight is 329 g/mol. The Labute approximate surface area is 135 Å². The number of nitrogens with one attached hydrogen (secondary N) is 1. The second-order valence-corrected chi connectivity index (χ2v) is 5.75. The summed E-state index contributed by atoms with van der Waals surface area (Å²) in [5.41, 5.74) is 4.01. The average Bonchev–Trinajstić information content (AvgIpc) is 2.81. The lowest BCUT2D eigenvalue weighted by Gasteiger charge is -2.13. The van der Waals surface area contributed by atoms with Gasteiger partial charge in [-0.25, -0.2) is 0 Å². The van der Waals surface area contributed by atoms with Crippen LogP contribution in [0.1, 0.15) is 35.1 Å². The molecule has 2 atom stereocenters. The molecule has 0 bridgehead atoms. The van der Waals surface area contributed by atoms with Gasteiger partial charge in [0.25, 0.3) is 0 Å². The Morgan fingerprint density at radius 3 is 2.35 bits per heavy atom. The van der Waals surface area contributed by atoms with E-state index < -0.39 is 0 Å². The summed E-state index contributed by atoms with van der Waals surface area (Å²) in [5.74, 6) is 0.392. The maximum atomic E-state index is 6.14. The molecule has 2 aromatic carbocycles. The Morgan fingerprint density at radius 1 is 1.00 bits per heavy atom. The van der Waals surface area contributed by atoms with Crippen molar-refractivity contribution in [3.8, 4) is 0 Å². The van der Waals surface area contributed by atoms with Crippen molar-refractivity contribution in [1.29, 1.82) is 0 Å². The van der Waals surface area contributed by atoms with Gasteiger partial charge in [-0.05, 0) is 42.3 Å². The summed E-state index contributed by atoms with van der Waals surface area (Å²) in [7, 11) is 2.01. The number of hydrogen-bond acceptors (Lipinski definition) is 1. The highest BCUT2D eigenvalue weighted by atomic mass is 35.5. The number of hydrogen-bond donors (Lipinski definition) is 1. The maximum Gasteiger partial charge on any atom is 0.0595 e. The lowest BCUT2D eigenvalue weighted by atomic mass is 9.93. The summed E-state index contributed by atoms with van der Waals surface area (Å²) < 4.78 is 0. The fourth-order valence-electron chi connectivity index (χ4n) is 2.95. The minimum atomic E-state index is 0. The zero-order chi connectivity index (χ0) is 13.4.